The molecule has 3 amide bonds. The van der Waals surface area contributed by atoms with Crippen molar-refractivity contribution in [3.63, 3.8) is 0 Å². The molecule has 0 aliphatic carbocycles. The number of carbonyl (C=O) groups is 3. The van der Waals surface area contributed by atoms with Gasteiger partial charge in [0.1, 0.15) is 30.3 Å². The van der Waals surface area contributed by atoms with E-state index in [0.717, 1.165) is 60.6 Å². The van der Waals surface area contributed by atoms with Crippen LogP contribution < -0.4 is 32.3 Å². The number of fused-ring (bicyclic) bond motifs is 1. The normalized spacial score (nSPS) is 24.4. The van der Waals surface area contributed by atoms with E-state index in [9.17, 15) is 14.4 Å². The van der Waals surface area contributed by atoms with Crippen molar-refractivity contribution in [3.05, 3.63) is 114 Å². The highest BCUT2D eigenvalue weighted by molar-refractivity contribution is 5.89. The van der Waals surface area contributed by atoms with Gasteiger partial charge in [-0.05, 0) is 85.2 Å². The molecule has 4 saturated heterocycles. The SMILES string of the molecule is N[C@H](C(=O)N1CCC[C@H]1C1NC=C(c2ccc3cc(-c4ccc(C5=CNC([C@@H]6CCCN6C(=O)[C@H](NC(=O)OC6CCOCC6)c6ccccc6)N5)c(F)c4)ncc3c2)N1)C1CCOCC1. The molecule has 0 radical (unpaired) electrons. The lowest BCUT2D eigenvalue weighted by Gasteiger charge is -2.35. The summed E-state index contributed by atoms with van der Waals surface area (Å²) < 4.78 is 32.6. The van der Waals surface area contributed by atoms with Crippen LogP contribution in [0.4, 0.5) is 9.18 Å². The number of carbonyl (C=O) groups excluding carboxylic acids is 3. The number of rotatable bonds is 11. The number of halogens is 1. The number of hydrogen-bond acceptors (Lipinski definition) is 12. The second kappa shape index (κ2) is 19.3. The maximum absolute atomic E-state index is 16.0. The van der Waals surface area contributed by atoms with Crippen LogP contribution in [0, 0.1) is 11.7 Å². The largest absolute Gasteiger partial charge is 0.446 e. The lowest BCUT2D eigenvalue weighted by molar-refractivity contribution is -0.136. The topological polar surface area (TPSA) is 184 Å². The van der Waals surface area contributed by atoms with E-state index in [2.05, 4.69) is 38.7 Å². The van der Waals surface area contributed by atoms with Crippen LogP contribution in [-0.2, 0) is 23.8 Å². The lowest BCUT2D eigenvalue weighted by atomic mass is 9.91. The molecule has 7 heterocycles. The van der Waals surface area contributed by atoms with Crippen LogP contribution in [0.25, 0.3) is 33.4 Å². The number of alkyl carbamates (subject to hydrolysis) is 1. The molecule has 10 rings (SSSR count). The molecular weight excluding hydrogens is 842 g/mol. The summed E-state index contributed by atoms with van der Waals surface area (Å²) in [5.41, 5.74) is 11.4. The Morgan fingerprint density at radius 1 is 0.742 bits per heavy atom. The van der Waals surface area contributed by atoms with Crippen molar-refractivity contribution in [2.24, 2.45) is 11.7 Å². The van der Waals surface area contributed by atoms with Crippen molar-refractivity contribution in [1.29, 1.82) is 0 Å². The van der Waals surface area contributed by atoms with Gasteiger partial charge >= 0.3 is 6.09 Å². The van der Waals surface area contributed by atoms with Crippen molar-refractivity contribution in [1.82, 2.24) is 41.4 Å². The van der Waals surface area contributed by atoms with E-state index in [1.54, 1.807) is 17.2 Å². The van der Waals surface area contributed by atoms with Crippen molar-refractivity contribution in [2.75, 3.05) is 39.5 Å². The Labute approximate surface area is 383 Å². The van der Waals surface area contributed by atoms with Crippen LogP contribution in [0.2, 0.25) is 0 Å². The maximum Gasteiger partial charge on any atom is 0.408 e. The molecule has 4 aromatic rings. The maximum atomic E-state index is 16.0. The summed E-state index contributed by atoms with van der Waals surface area (Å²) in [6.45, 7) is 3.59. The minimum atomic E-state index is -0.935. The molecule has 7 N–H and O–H groups in total. The second-order valence-corrected chi connectivity index (χ2v) is 18.2. The molecule has 346 valence electrons. The predicted octanol–water partition coefficient (Wildman–Crippen LogP) is 5.06. The number of amides is 3. The quantitative estimate of drug-likeness (QED) is 0.118. The van der Waals surface area contributed by atoms with Gasteiger partial charge in [0.05, 0.1) is 48.4 Å². The van der Waals surface area contributed by atoms with E-state index < -0.39 is 24.0 Å². The van der Waals surface area contributed by atoms with Crippen molar-refractivity contribution < 1.29 is 33.0 Å². The Balaban J connectivity index is 0.767. The van der Waals surface area contributed by atoms with Crippen LogP contribution in [-0.4, -0.2) is 109 Å². The first kappa shape index (κ1) is 43.7. The van der Waals surface area contributed by atoms with Gasteiger partial charge in [-0.2, -0.15) is 0 Å². The third-order valence-electron chi connectivity index (χ3n) is 14.1. The zero-order valence-electron chi connectivity index (χ0n) is 36.9. The number of nitrogens with two attached hydrogens (primary N) is 1. The second-order valence-electron chi connectivity index (χ2n) is 18.2. The smallest absolute Gasteiger partial charge is 0.408 e. The van der Waals surface area contributed by atoms with E-state index in [0.29, 0.717) is 80.4 Å². The number of benzene rings is 3. The molecule has 1 aromatic heterocycles. The highest BCUT2D eigenvalue weighted by Gasteiger charge is 2.42. The molecule has 15 nitrogen and oxygen atoms in total. The van der Waals surface area contributed by atoms with Gasteiger partial charge in [0.25, 0.3) is 0 Å². The highest BCUT2D eigenvalue weighted by atomic mass is 19.1. The molecule has 4 fully saturated rings. The molecule has 6 atom stereocenters. The molecule has 66 heavy (non-hydrogen) atoms. The van der Waals surface area contributed by atoms with Crippen molar-refractivity contribution in [3.8, 4) is 11.3 Å². The number of ether oxygens (including phenoxy) is 3. The van der Waals surface area contributed by atoms with Crippen LogP contribution in [0.15, 0.2) is 91.4 Å². The number of nitrogens with zero attached hydrogens (tertiary/aromatic N) is 3. The van der Waals surface area contributed by atoms with Crippen LogP contribution in [0.5, 0.6) is 0 Å². The van der Waals surface area contributed by atoms with Gasteiger partial charge in [0, 0.05) is 74.3 Å². The summed E-state index contributed by atoms with van der Waals surface area (Å²) in [6, 6.07) is 20.7. The number of aromatic nitrogens is 1. The summed E-state index contributed by atoms with van der Waals surface area (Å²) in [4.78, 5) is 49.4. The standard InChI is InChI=1S/C50H58FN9O6/c51-38-25-34(39-26-32-10-11-33(24-35(32)27-53-39)40-28-54-46(56-40)42-8-4-18-59(42)48(61)44(52)30-14-20-64-21-15-30)12-13-37(38)41-29-55-47(57-41)43-9-5-19-60(43)49(62)45(31-6-2-1-3-7-31)58-50(63)66-36-16-22-65-23-17-36/h1-3,6-7,10-13,24-30,36,42-47,54-57H,4-5,8-9,14-23,52H2,(H,58,63)/t42-,43-,44-,45+,46?,47?/m0/s1. The zero-order valence-corrected chi connectivity index (χ0v) is 36.9. The molecule has 0 saturated carbocycles. The summed E-state index contributed by atoms with van der Waals surface area (Å²) in [6.07, 6.45) is 10.4. The average Bonchev–Trinajstić information content (AvgIpc) is 4.21. The third kappa shape index (κ3) is 9.13. The monoisotopic (exact) mass is 899 g/mol. The van der Waals surface area contributed by atoms with Gasteiger partial charge in [-0.3, -0.25) is 14.6 Å². The van der Waals surface area contributed by atoms with Crippen LogP contribution >= 0.6 is 0 Å². The zero-order chi connectivity index (χ0) is 45.1. The number of hydrogen-bond donors (Lipinski definition) is 6. The van der Waals surface area contributed by atoms with E-state index in [4.69, 9.17) is 24.9 Å². The lowest BCUT2D eigenvalue weighted by Crippen LogP contribution is -2.56. The molecule has 3 aromatic carbocycles. The molecule has 2 unspecified atom stereocenters. The molecule has 0 spiro atoms. The molecular formula is C50H58FN9O6. The summed E-state index contributed by atoms with van der Waals surface area (Å²) in [7, 11) is 0. The van der Waals surface area contributed by atoms with Gasteiger partial charge < -0.3 is 56.3 Å². The summed E-state index contributed by atoms with van der Waals surface area (Å²) in [5, 5.41) is 18.7. The van der Waals surface area contributed by atoms with E-state index >= 15 is 4.39 Å². The Morgan fingerprint density at radius 2 is 1.39 bits per heavy atom. The minimum Gasteiger partial charge on any atom is -0.446 e. The van der Waals surface area contributed by atoms with Crippen molar-refractivity contribution >= 4 is 40.1 Å². The third-order valence-corrected chi connectivity index (χ3v) is 14.1. The Hall–Kier alpha value is -6.23. The summed E-state index contributed by atoms with van der Waals surface area (Å²) in [5.74, 6) is -0.463. The average molecular weight is 900 g/mol. The van der Waals surface area contributed by atoms with Gasteiger partial charge in [0.15, 0.2) is 0 Å². The Morgan fingerprint density at radius 3 is 2.11 bits per heavy atom. The number of pyridine rings is 1. The van der Waals surface area contributed by atoms with E-state index in [1.165, 1.54) is 6.07 Å². The predicted molar refractivity (Wildman–Crippen MR) is 247 cm³/mol. The fourth-order valence-electron chi connectivity index (χ4n) is 10.4. The molecule has 16 heteroatoms. The Kier molecular flexibility index (Phi) is 12.8. The fraction of sp³-hybridized carbons (Fsp3) is 0.440. The van der Waals surface area contributed by atoms with Gasteiger partial charge in [0.2, 0.25) is 11.8 Å². The minimum absolute atomic E-state index is 0.0102. The Bertz CT molecular complexity index is 2490. The fourth-order valence-corrected chi connectivity index (χ4v) is 10.4. The van der Waals surface area contributed by atoms with Crippen molar-refractivity contribution in [2.45, 2.75) is 94.0 Å². The number of nitrogens with one attached hydrogen (secondary N) is 5. The first-order chi connectivity index (χ1) is 32.3. The van der Waals surface area contributed by atoms with Gasteiger partial charge in [-0.25, -0.2) is 9.18 Å². The van der Waals surface area contributed by atoms with Gasteiger partial charge in [-0.15, -0.1) is 0 Å². The molecule has 6 aliphatic rings. The molecule has 6 aliphatic heterocycles. The van der Waals surface area contributed by atoms with Crippen LogP contribution in [0.1, 0.15) is 74.1 Å². The first-order valence-corrected chi connectivity index (χ1v) is 23.5. The van der Waals surface area contributed by atoms with Gasteiger partial charge in [-0.1, -0.05) is 48.5 Å². The summed E-state index contributed by atoms with van der Waals surface area (Å²) >= 11 is 0. The molecule has 0 bridgehead atoms. The number of likely N-dealkylation sites (tertiary alicyclic amines) is 2. The van der Waals surface area contributed by atoms with E-state index in [1.807, 2.05) is 65.8 Å². The van der Waals surface area contributed by atoms with Crippen LogP contribution in [0.3, 0.4) is 0 Å². The van der Waals surface area contributed by atoms with E-state index in [-0.39, 0.29) is 48.3 Å². The highest BCUT2D eigenvalue weighted by Crippen LogP contribution is 2.33. The first-order valence-electron chi connectivity index (χ1n) is 23.5.